The maximum Gasteiger partial charge on any atom is 0.311 e. The number of nitrogens with one attached hydrogen (secondary N) is 1. The van der Waals surface area contributed by atoms with E-state index in [9.17, 15) is 10.1 Å². The molecule has 19 heavy (non-hydrogen) atoms. The molecule has 0 saturated heterocycles. The summed E-state index contributed by atoms with van der Waals surface area (Å²) >= 11 is 0. The molecule has 0 spiro atoms. The van der Waals surface area contributed by atoms with E-state index in [1.54, 1.807) is 19.2 Å². The molecule has 1 aromatic rings. The fourth-order valence-corrected chi connectivity index (χ4v) is 1.66. The largest absolute Gasteiger partial charge is 0.487 e. The van der Waals surface area contributed by atoms with Gasteiger partial charge in [-0.1, -0.05) is 6.92 Å². The van der Waals surface area contributed by atoms with Crippen molar-refractivity contribution in [2.75, 3.05) is 25.6 Å². The third-order valence-electron chi connectivity index (χ3n) is 2.45. The van der Waals surface area contributed by atoms with Crippen LogP contribution in [0.5, 0.6) is 5.75 Å². The number of nitro groups is 1. The van der Waals surface area contributed by atoms with Gasteiger partial charge in [-0.25, -0.2) is 0 Å². The molecule has 1 aromatic carbocycles. The van der Waals surface area contributed by atoms with Gasteiger partial charge in [-0.05, 0) is 19.4 Å². The Balaban J connectivity index is 2.87. The lowest BCUT2D eigenvalue weighted by molar-refractivity contribution is -0.385. The van der Waals surface area contributed by atoms with Crippen molar-refractivity contribution in [2.24, 2.45) is 0 Å². The Morgan fingerprint density at radius 3 is 2.79 bits per heavy atom. The highest BCUT2D eigenvalue weighted by Gasteiger charge is 2.16. The minimum Gasteiger partial charge on any atom is -0.487 e. The molecule has 1 unspecified atom stereocenters. The zero-order chi connectivity index (χ0) is 14.3. The summed E-state index contributed by atoms with van der Waals surface area (Å²) in [5.74, 6) is 0.293. The number of nitrogens with zero attached hydrogens (tertiary/aromatic N) is 1. The number of anilines is 1. The Bertz CT molecular complexity index is 423. The quantitative estimate of drug-likeness (QED) is 0.579. The lowest BCUT2D eigenvalue weighted by Crippen LogP contribution is -2.20. The van der Waals surface area contributed by atoms with Crippen LogP contribution < -0.4 is 10.1 Å². The first-order valence-electron chi connectivity index (χ1n) is 6.25. The van der Waals surface area contributed by atoms with Gasteiger partial charge < -0.3 is 14.8 Å². The van der Waals surface area contributed by atoms with E-state index >= 15 is 0 Å². The molecule has 0 bridgehead atoms. The van der Waals surface area contributed by atoms with Crippen molar-refractivity contribution >= 4 is 11.4 Å². The first kappa shape index (κ1) is 15.2. The Morgan fingerprint density at radius 1 is 1.47 bits per heavy atom. The molecular formula is C13H20N2O4. The second-order valence-corrected chi connectivity index (χ2v) is 4.29. The molecular weight excluding hydrogens is 248 g/mol. The third kappa shape index (κ3) is 4.75. The summed E-state index contributed by atoms with van der Waals surface area (Å²) in [7, 11) is 1.63. The minimum atomic E-state index is -0.437. The van der Waals surface area contributed by atoms with Gasteiger partial charge in [0.15, 0.2) is 5.75 Å². The van der Waals surface area contributed by atoms with Crippen molar-refractivity contribution in [1.82, 2.24) is 0 Å². The predicted octanol–water partition coefficient (Wildman–Crippen LogP) is 2.83. The molecule has 0 radical (unpaired) electrons. The van der Waals surface area contributed by atoms with Gasteiger partial charge in [0, 0.05) is 31.0 Å². The topological polar surface area (TPSA) is 73.6 Å². The van der Waals surface area contributed by atoms with Gasteiger partial charge in [0.1, 0.15) is 0 Å². The average Bonchev–Trinajstić information content (AvgIpc) is 2.36. The van der Waals surface area contributed by atoms with Crippen LogP contribution in [-0.4, -0.2) is 31.3 Å². The zero-order valence-electron chi connectivity index (χ0n) is 11.5. The van der Waals surface area contributed by atoms with Crippen molar-refractivity contribution in [3.8, 4) is 5.75 Å². The molecule has 6 nitrogen and oxygen atoms in total. The van der Waals surface area contributed by atoms with Gasteiger partial charge >= 0.3 is 5.69 Å². The third-order valence-corrected chi connectivity index (χ3v) is 2.45. The second kappa shape index (κ2) is 7.58. The zero-order valence-corrected chi connectivity index (χ0v) is 11.5. The van der Waals surface area contributed by atoms with Gasteiger partial charge in [-0.15, -0.1) is 0 Å². The van der Waals surface area contributed by atoms with E-state index in [-0.39, 0.29) is 11.7 Å². The molecule has 106 valence electrons. The fourth-order valence-electron chi connectivity index (χ4n) is 1.66. The molecule has 0 amide bonds. The Labute approximate surface area is 112 Å². The number of rotatable bonds is 8. The summed E-state index contributed by atoms with van der Waals surface area (Å²) in [6.45, 7) is 4.94. The number of hydrogen-bond donors (Lipinski definition) is 1. The van der Waals surface area contributed by atoms with Gasteiger partial charge in [-0.3, -0.25) is 10.1 Å². The first-order chi connectivity index (χ1) is 9.08. The van der Waals surface area contributed by atoms with Crippen molar-refractivity contribution in [1.29, 1.82) is 0 Å². The highest BCUT2D eigenvalue weighted by Crippen LogP contribution is 2.30. The summed E-state index contributed by atoms with van der Waals surface area (Å²) in [5, 5.41) is 14.1. The molecule has 0 aromatic heterocycles. The Morgan fingerprint density at radius 2 is 2.21 bits per heavy atom. The van der Waals surface area contributed by atoms with Crippen molar-refractivity contribution in [3.63, 3.8) is 0 Å². The van der Waals surface area contributed by atoms with Crippen LogP contribution in [0, 0.1) is 10.1 Å². The van der Waals surface area contributed by atoms with Crippen LogP contribution in [0.4, 0.5) is 11.4 Å². The monoisotopic (exact) mass is 268 g/mol. The molecule has 6 heteroatoms. The lowest BCUT2D eigenvalue weighted by atomic mass is 10.2. The second-order valence-electron chi connectivity index (χ2n) is 4.29. The van der Waals surface area contributed by atoms with Crippen LogP contribution in [-0.2, 0) is 4.74 Å². The smallest absolute Gasteiger partial charge is 0.311 e. The maximum absolute atomic E-state index is 10.9. The normalized spacial score (nSPS) is 11.9. The maximum atomic E-state index is 10.9. The van der Waals surface area contributed by atoms with Crippen molar-refractivity contribution < 1.29 is 14.4 Å². The molecule has 1 N–H and O–H groups in total. The standard InChI is InChI=1S/C13H20N2O4/c1-4-7-19-13-8-11(14-10(2)9-18-3)5-6-12(13)15(16)17/h5-6,8,10,14H,4,7,9H2,1-3H3. The SMILES string of the molecule is CCCOc1cc(NC(C)COC)ccc1[N+](=O)[O-]. The van der Waals surface area contributed by atoms with Gasteiger partial charge in [0.2, 0.25) is 0 Å². The molecule has 1 atom stereocenters. The van der Waals surface area contributed by atoms with E-state index in [0.29, 0.717) is 19.0 Å². The highest BCUT2D eigenvalue weighted by atomic mass is 16.6. The van der Waals surface area contributed by atoms with Crippen LogP contribution in [0.3, 0.4) is 0 Å². The van der Waals surface area contributed by atoms with Crippen LogP contribution in [0.25, 0.3) is 0 Å². The molecule has 0 aliphatic rings. The van der Waals surface area contributed by atoms with Gasteiger partial charge in [0.25, 0.3) is 0 Å². The average molecular weight is 268 g/mol. The first-order valence-corrected chi connectivity index (χ1v) is 6.25. The van der Waals surface area contributed by atoms with Crippen LogP contribution in [0.15, 0.2) is 18.2 Å². The number of ether oxygens (including phenoxy) is 2. The number of nitro benzene ring substituents is 1. The van der Waals surface area contributed by atoms with Crippen LogP contribution in [0.2, 0.25) is 0 Å². The van der Waals surface area contributed by atoms with Crippen molar-refractivity contribution in [3.05, 3.63) is 28.3 Å². The summed E-state index contributed by atoms with van der Waals surface area (Å²) in [6.07, 6.45) is 0.800. The van der Waals surface area contributed by atoms with E-state index in [1.807, 2.05) is 13.8 Å². The molecule has 0 aliphatic carbocycles. The summed E-state index contributed by atoms with van der Waals surface area (Å²) in [4.78, 5) is 10.5. The molecule has 0 heterocycles. The van der Waals surface area contributed by atoms with Crippen molar-refractivity contribution in [2.45, 2.75) is 26.3 Å². The number of benzene rings is 1. The van der Waals surface area contributed by atoms with E-state index in [0.717, 1.165) is 12.1 Å². The van der Waals surface area contributed by atoms with Gasteiger partial charge in [-0.2, -0.15) is 0 Å². The minimum absolute atomic E-state index is 0.0154. The molecule has 1 rings (SSSR count). The van der Waals surface area contributed by atoms with E-state index in [4.69, 9.17) is 9.47 Å². The summed E-state index contributed by atoms with van der Waals surface area (Å²) in [5.41, 5.74) is 0.764. The predicted molar refractivity (Wildman–Crippen MR) is 73.8 cm³/mol. The molecule has 0 fully saturated rings. The molecule has 0 aliphatic heterocycles. The Kier molecular flexibility index (Phi) is 6.08. The summed E-state index contributed by atoms with van der Waals surface area (Å²) < 4.78 is 10.4. The molecule has 0 saturated carbocycles. The number of hydrogen-bond acceptors (Lipinski definition) is 5. The van der Waals surface area contributed by atoms with E-state index in [1.165, 1.54) is 6.07 Å². The lowest BCUT2D eigenvalue weighted by Gasteiger charge is -2.15. The summed E-state index contributed by atoms with van der Waals surface area (Å²) in [6, 6.07) is 4.89. The van der Waals surface area contributed by atoms with E-state index < -0.39 is 4.92 Å². The van der Waals surface area contributed by atoms with Crippen LogP contribution in [0.1, 0.15) is 20.3 Å². The highest BCUT2D eigenvalue weighted by molar-refractivity contribution is 5.58. The van der Waals surface area contributed by atoms with Gasteiger partial charge in [0.05, 0.1) is 18.1 Å². The fraction of sp³-hybridized carbons (Fsp3) is 0.538. The number of methoxy groups -OCH3 is 1. The van der Waals surface area contributed by atoms with E-state index in [2.05, 4.69) is 5.32 Å². The van der Waals surface area contributed by atoms with Crippen LogP contribution >= 0.6 is 0 Å². The Hall–Kier alpha value is -1.82.